The molecule has 1 aromatic rings. The lowest BCUT2D eigenvalue weighted by atomic mass is 10.1. The van der Waals surface area contributed by atoms with Gasteiger partial charge in [0.1, 0.15) is 6.67 Å². The molecule has 0 spiro atoms. The molecule has 0 aromatic heterocycles. The highest BCUT2D eigenvalue weighted by atomic mass is 79.9. The van der Waals surface area contributed by atoms with Gasteiger partial charge in [-0.1, -0.05) is 44.0 Å². The largest absolute Gasteiger partial charge is 0.294 e. The van der Waals surface area contributed by atoms with Gasteiger partial charge in [0, 0.05) is 21.8 Å². The van der Waals surface area contributed by atoms with Gasteiger partial charge in [-0.2, -0.15) is 0 Å². The lowest BCUT2D eigenvalue weighted by molar-refractivity contribution is 0.0990. The highest BCUT2D eigenvalue weighted by Gasteiger charge is 2.07. The molecule has 0 aliphatic carbocycles. The Morgan fingerprint density at radius 3 is 2.64 bits per heavy atom. The van der Waals surface area contributed by atoms with Crippen molar-refractivity contribution in [2.45, 2.75) is 13.1 Å². The quantitative estimate of drug-likeness (QED) is 0.607. The van der Waals surface area contributed by atoms with Crippen LogP contribution in [0.15, 0.2) is 22.7 Å². The number of alkyl halides is 2. The van der Waals surface area contributed by atoms with E-state index in [-0.39, 0.29) is 5.78 Å². The van der Waals surface area contributed by atoms with Crippen molar-refractivity contribution in [1.82, 2.24) is 0 Å². The molecule has 0 aliphatic rings. The lowest BCUT2D eigenvalue weighted by Gasteiger charge is -2.02. The Kier molecular flexibility index (Phi) is 4.75. The van der Waals surface area contributed by atoms with E-state index in [1.54, 1.807) is 18.2 Å². The van der Waals surface area contributed by atoms with E-state index in [1.807, 2.05) is 0 Å². The molecular formula is C10H9Br2FO. The van der Waals surface area contributed by atoms with Crippen molar-refractivity contribution in [1.29, 1.82) is 0 Å². The molecule has 0 heterocycles. The Hall–Kier alpha value is -0.220. The molecule has 14 heavy (non-hydrogen) atoms. The zero-order chi connectivity index (χ0) is 10.6. The second-order valence-electron chi connectivity index (χ2n) is 2.80. The van der Waals surface area contributed by atoms with Crippen LogP contribution < -0.4 is 0 Å². The molecule has 0 amide bonds. The maximum Gasteiger partial charge on any atom is 0.163 e. The van der Waals surface area contributed by atoms with E-state index in [4.69, 9.17) is 0 Å². The molecule has 0 bridgehead atoms. The summed E-state index contributed by atoms with van der Waals surface area (Å²) in [6, 6.07) is 4.95. The number of hydrogen-bond donors (Lipinski definition) is 0. The first-order valence-electron chi connectivity index (χ1n) is 4.12. The first kappa shape index (κ1) is 11.9. The number of benzene rings is 1. The Bertz CT molecular complexity index is 339. The van der Waals surface area contributed by atoms with Gasteiger partial charge in [-0.25, -0.2) is 4.39 Å². The van der Waals surface area contributed by atoms with Gasteiger partial charge in [0.25, 0.3) is 0 Å². The smallest absolute Gasteiger partial charge is 0.163 e. The minimum absolute atomic E-state index is 0.0629. The SMILES string of the molecule is O=C(CCBr)c1ccc(CF)c(Br)c1. The average Bonchev–Trinajstić information content (AvgIpc) is 2.18. The Balaban J connectivity index is 2.91. The van der Waals surface area contributed by atoms with Crippen LogP contribution in [0.4, 0.5) is 4.39 Å². The Morgan fingerprint density at radius 2 is 2.14 bits per heavy atom. The van der Waals surface area contributed by atoms with E-state index in [1.165, 1.54) is 0 Å². The number of ketones is 1. The first-order valence-corrected chi connectivity index (χ1v) is 6.04. The maximum absolute atomic E-state index is 12.3. The van der Waals surface area contributed by atoms with E-state index in [9.17, 15) is 9.18 Å². The third kappa shape index (κ3) is 2.89. The molecule has 0 aliphatic heterocycles. The van der Waals surface area contributed by atoms with Gasteiger partial charge in [-0.15, -0.1) is 0 Å². The molecule has 0 fully saturated rings. The van der Waals surface area contributed by atoms with Crippen LogP contribution >= 0.6 is 31.9 Å². The predicted molar refractivity (Wildman–Crippen MR) is 61.7 cm³/mol. The summed E-state index contributed by atoms with van der Waals surface area (Å²) in [5.41, 5.74) is 1.19. The molecule has 1 nitrogen and oxygen atoms in total. The Labute approximate surface area is 99.0 Å². The summed E-state index contributed by atoms with van der Waals surface area (Å²) in [7, 11) is 0. The summed E-state index contributed by atoms with van der Waals surface area (Å²) >= 11 is 6.42. The minimum atomic E-state index is -0.520. The molecule has 0 saturated heterocycles. The number of carbonyl (C=O) groups excluding carboxylic acids is 1. The second kappa shape index (κ2) is 5.61. The zero-order valence-corrected chi connectivity index (χ0v) is 10.6. The maximum atomic E-state index is 12.3. The fourth-order valence-corrected chi connectivity index (χ4v) is 1.90. The van der Waals surface area contributed by atoms with Gasteiger partial charge >= 0.3 is 0 Å². The van der Waals surface area contributed by atoms with Crippen LogP contribution in [0.2, 0.25) is 0 Å². The van der Waals surface area contributed by atoms with E-state index >= 15 is 0 Å². The van der Waals surface area contributed by atoms with Crippen LogP contribution in [-0.2, 0) is 6.67 Å². The molecule has 4 heteroatoms. The second-order valence-corrected chi connectivity index (χ2v) is 4.45. The van der Waals surface area contributed by atoms with Gasteiger partial charge in [-0.05, 0) is 11.6 Å². The third-order valence-electron chi connectivity index (χ3n) is 1.84. The summed E-state index contributed by atoms with van der Waals surface area (Å²) in [6.07, 6.45) is 0.460. The van der Waals surface area contributed by atoms with E-state index < -0.39 is 6.67 Å². The van der Waals surface area contributed by atoms with Crippen LogP contribution in [0.5, 0.6) is 0 Å². The fraction of sp³-hybridized carbons (Fsp3) is 0.300. The Morgan fingerprint density at radius 1 is 1.43 bits per heavy atom. The van der Waals surface area contributed by atoms with Crippen molar-refractivity contribution < 1.29 is 9.18 Å². The van der Waals surface area contributed by atoms with Crippen molar-refractivity contribution in [3.63, 3.8) is 0 Å². The van der Waals surface area contributed by atoms with Crippen LogP contribution in [0.1, 0.15) is 22.3 Å². The predicted octanol–water partition coefficient (Wildman–Crippen LogP) is 3.89. The highest BCUT2D eigenvalue weighted by Crippen LogP contribution is 2.20. The fourth-order valence-electron chi connectivity index (χ4n) is 1.06. The molecule has 0 radical (unpaired) electrons. The average molecular weight is 324 g/mol. The van der Waals surface area contributed by atoms with Crippen molar-refractivity contribution in [2.75, 3.05) is 5.33 Å². The van der Waals surface area contributed by atoms with Crippen molar-refractivity contribution >= 4 is 37.6 Å². The topological polar surface area (TPSA) is 17.1 Å². The summed E-state index contributed by atoms with van der Waals surface area (Å²) in [4.78, 5) is 11.5. The third-order valence-corrected chi connectivity index (χ3v) is 2.98. The number of Topliss-reactive ketones (excluding diaryl/α,β-unsaturated/α-hetero) is 1. The van der Waals surface area contributed by atoms with Crippen LogP contribution in [-0.4, -0.2) is 11.1 Å². The van der Waals surface area contributed by atoms with Gasteiger partial charge < -0.3 is 0 Å². The molecule has 76 valence electrons. The number of rotatable bonds is 4. The van der Waals surface area contributed by atoms with Crippen LogP contribution in [0.3, 0.4) is 0 Å². The van der Waals surface area contributed by atoms with Crippen LogP contribution in [0.25, 0.3) is 0 Å². The van der Waals surface area contributed by atoms with E-state index in [0.29, 0.717) is 27.4 Å². The van der Waals surface area contributed by atoms with Crippen molar-refractivity contribution in [2.24, 2.45) is 0 Å². The minimum Gasteiger partial charge on any atom is -0.294 e. The monoisotopic (exact) mass is 322 g/mol. The normalized spacial score (nSPS) is 10.2. The number of hydrogen-bond acceptors (Lipinski definition) is 1. The lowest BCUT2D eigenvalue weighted by Crippen LogP contribution is -2.00. The van der Waals surface area contributed by atoms with E-state index in [0.717, 1.165) is 0 Å². The summed E-state index contributed by atoms with van der Waals surface area (Å²) < 4.78 is 13.0. The standard InChI is InChI=1S/C10H9Br2FO/c11-4-3-10(14)7-1-2-8(6-13)9(12)5-7/h1-2,5H,3-4,6H2. The van der Waals surface area contributed by atoms with Crippen molar-refractivity contribution in [3.8, 4) is 0 Å². The molecule has 0 unspecified atom stereocenters. The zero-order valence-electron chi connectivity index (χ0n) is 7.40. The van der Waals surface area contributed by atoms with Crippen LogP contribution in [0, 0.1) is 0 Å². The molecule has 0 atom stereocenters. The summed E-state index contributed by atoms with van der Waals surface area (Å²) in [5.74, 6) is 0.0629. The molecule has 1 rings (SSSR count). The van der Waals surface area contributed by atoms with Gasteiger partial charge in [0.15, 0.2) is 5.78 Å². The molecular weight excluding hydrogens is 315 g/mol. The van der Waals surface area contributed by atoms with Gasteiger partial charge in [0.2, 0.25) is 0 Å². The first-order chi connectivity index (χ1) is 6.69. The molecule has 1 aromatic carbocycles. The van der Waals surface area contributed by atoms with Gasteiger partial charge in [0.05, 0.1) is 0 Å². The van der Waals surface area contributed by atoms with Crippen molar-refractivity contribution in [3.05, 3.63) is 33.8 Å². The highest BCUT2D eigenvalue weighted by molar-refractivity contribution is 9.10. The molecule has 0 saturated carbocycles. The summed E-state index contributed by atoms with van der Waals surface area (Å²) in [6.45, 7) is -0.520. The van der Waals surface area contributed by atoms with Gasteiger partial charge in [-0.3, -0.25) is 4.79 Å². The van der Waals surface area contributed by atoms with E-state index in [2.05, 4.69) is 31.9 Å². The number of carbonyl (C=O) groups is 1. The number of halogens is 3. The summed E-state index contributed by atoms with van der Waals surface area (Å²) in [5, 5.41) is 0.647. The molecule has 0 N–H and O–H groups in total.